The van der Waals surface area contributed by atoms with Crippen molar-refractivity contribution in [2.24, 2.45) is 46.3 Å². The summed E-state index contributed by atoms with van der Waals surface area (Å²) in [6, 6.07) is 0. The lowest BCUT2D eigenvalue weighted by Gasteiger charge is -2.62. The SMILES string of the molecule is C[C@H](CCC(=O)NCC(=O)[O-])[C@H]1CC[C@H]2[C@@H]3CC[C@@H]4C[C@H](O)CC[C@]4(C)[C@H]3C[C@H](O)[C@]12C. The quantitative estimate of drug-likeness (QED) is 0.577. The van der Waals surface area contributed by atoms with E-state index in [2.05, 4.69) is 26.1 Å². The Bertz CT molecular complexity index is 727. The van der Waals surface area contributed by atoms with Gasteiger partial charge >= 0.3 is 0 Å². The molecule has 0 spiro atoms. The predicted molar refractivity (Wildman–Crippen MR) is 119 cm³/mol. The molecule has 0 radical (unpaired) electrons. The van der Waals surface area contributed by atoms with Crippen molar-refractivity contribution in [2.75, 3.05) is 6.54 Å². The molecule has 0 unspecified atom stereocenters. The number of fused-ring (bicyclic) bond motifs is 5. The standard InChI is InChI=1S/C26H43NO5/c1-15(4-9-23(30)27-14-24(31)32)19-7-8-20-18-6-5-16-12-17(28)10-11-25(16,2)21(18)13-22(29)26(19,20)3/h15-22,28-29H,4-14H2,1-3H3,(H,27,30)(H,31,32)/p-1/t15-,16-,17-,18+,19-,20+,21+,22+,25+,26-/m1/s1. The van der Waals surface area contributed by atoms with Crippen LogP contribution in [-0.2, 0) is 9.59 Å². The summed E-state index contributed by atoms with van der Waals surface area (Å²) in [6.45, 7) is 6.51. The lowest BCUT2D eigenvalue weighted by molar-refractivity contribution is -0.304. The van der Waals surface area contributed by atoms with Crippen molar-refractivity contribution in [3.8, 4) is 0 Å². The van der Waals surface area contributed by atoms with E-state index in [4.69, 9.17) is 0 Å². The van der Waals surface area contributed by atoms with E-state index in [9.17, 15) is 24.9 Å². The van der Waals surface area contributed by atoms with Crippen molar-refractivity contribution in [3.05, 3.63) is 0 Å². The Morgan fingerprint density at radius 3 is 2.53 bits per heavy atom. The number of aliphatic hydroxyl groups excluding tert-OH is 2. The Morgan fingerprint density at radius 1 is 1.06 bits per heavy atom. The molecule has 0 aromatic heterocycles. The van der Waals surface area contributed by atoms with Crippen molar-refractivity contribution in [2.45, 2.75) is 97.2 Å². The molecule has 0 aromatic carbocycles. The number of hydrogen-bond donors (Lipinski definition) is 3. The number of rotatable bonds is 6. The fourth-order valence-corrected chi connectivity index (χ4v) is 8.98. The highest BCUT2D eigenvalue weighted by molar-refractivity contribution is 5.80. The number of carboxylic acid groups (broad SMARTS) is 1. The van der Waals surface area contributed by atoms with Crippen LogP contribution in [0.3, 0.4) is 0 Å². The van der Waals surface area contributed by atoms with E-state index >= 15 is 0 Å². The highest BCUT2D eigenvalue weighted by Crippen LogP contribution is 2.68. The maximum absolute atomic E-state index is 12.0. The maximum atomic E-state index is 12.0. The summed E-state index contributed by atoms with van der Waals surface area (Å²) in [6.07, 6.45) is 9.01. The van der Waals surface area contributed by atoms with Gasteiger partial charge in [0.2, 0.25) is 5.91 Å². The summed E-state index contributed by atoms with van der Waals surface area (Å²) < 4.78 is 0. The third kappa shape index (κ3) is 4.00. The lowest BCUT2D eigenvalue weighted by atomic mass is 9.43. The molecule has 4 aliphatic carbocycles. The largest absolute Gasteiger partial charge is 0.548 e. The van der Waals surface area contributed by atoms with Crippen LogP contribution < -0.4 is 10.4 Å². The van der Waals surface area contributed by atoms with Gasteiger partial charge in [0.15, 0.2) is 0 Å². The molecule has 6 heteroatoms. The summed E-state index contributed by atoms with van der Waals surface area (Å²) in [5.74, 6) is 1.50. The molecule has 32 heavy (non-hydrogen) atoms. The van der Waals surface area contributed by atoms with Gasteiger partial charge in [-0.15, -0.1) is 0 Å². The molecule has 4 saturated carbocycles. The molecule has 0 aromatic rings. The van der Waals surface area contributed by atoms with Gasteiger partial charge in [-0.2, -0.15) is 0 Å². The van der Waals surface area contributed by atoms with Gasteiger partial charge in [0.1, 0.15) is 0 Å². The number of carboxylic acids is 1. The zero-order valence-electron chi connectivity index (χ0n) is 20.0. The number of hydrogen-bond acceptors (Lipinski definition) is 5. The van der Waals surface area contributed by atoms with Crippen LogP contribution in [0.4, 0.5) is 0 Å². The van der Waals surface area contributed by atoms with Crippen molar-refractivity contribution in [3.63, 3.8) is 0 Å². The fourth-order valence-electron chi connectivity index (χ4n) is 8.98. The van der Waals surface area contributed by atoms with Crippen LogP contribution in [0.15, 0.2) is 0 Å². The van der Waals surface area contributed by atoms with Gasteiger partial charge in [0, 0.05) is 6.42 Å². The summed E-state index contributed by atoms with van der Waals surface area (Å²) in [7, 11) is 0. The minimum atomic E-state index is -1.27. The van der Waals surface area contributed by atoms with Crippen molar-refractivity contribution in [1.29, 1.82) is 0 Å². The summed E-state index contributed by atoms with van der Waals surface area (Å²) in [4.78, 5) is 22.6. The minimum absolute atomic E-state index is 0.112. The van der Waals surface area contributed by atoms with E-state index in [1.54, 1.807) is 0 Å². The Balaban J connectivity index is 1.45. The third-order valence-corrected chi connectivity index (χ3v) is 10.8. The second-order valence-corrected chi connectivity index (χ2v) is 12.1. The minimum Gasteiger partial charge on any atom is -0.548 e. The number of carbonyl (C=O) groups excluding carboxylic acids is 2. The molecule has 1 amide bonds. The summed E-state index contributed by atoms with van der Waals surface area (Å²) in [5, 5.41) is 34.8. The molecule has 10 atom stereocenters. The summed E-state index contributed by atoms with van der Waals surface area (Å²) in [5.41, 5.74) is 0.130. The first-order chi connectivity index (χ1) is 15.1. The molecular formula is C26H42NO5-. The van der Waals surface area contributed by atoms with Gasteiger partial charge in [-0.25, -0.2) is 0 Å². The first kappa shape index (κ1) is 24.0. The second kappa shape index (κ2) is 8.90. The monoisotopic (exact) mass is 448 g/mol. The predicted octanol–water partition coefficient (Wildman–Crippen LogP) is 2.26. The highest BCUT2D eigenvalue weighted by Gasteiger charge is 2.63. The summed E-state index contributed by atoms with van der Waals surface area (Å²) >= 11 is 0. The molecule has 0 aliphatic heterocycles. The van der Waals surface area contributed by atoms with Crippen LogP contribution in [0.5, 0.6) is 0 Å². The van der Waals surface area contributed by atoms with Gasteiger partial charge < -0.3 is 25.4 Å². The van der Waals surface area contributed by atoms with Gasteiger partial charge in [-0.1, -0.05) is 20.8 Å². The number of amides is 1. The molecule has 182 valence electrons. The number of aliphatic carboxylic acids is 1. The molecule has 0 heterocycles. The van der Waals surface area contributed by atoms with Crippen LogP contribution >= 0.6 is 0 Å². The molecular weight excluding hydrogens is 406 g/mol. The van der Waals surface area contributed by atoms with Crippen LogP contribution in [0.25, 0.3) is 0 Å². The number of nitrogens with one attached hydrogen (secondary N) is 1. The van der Waals surface area contributed by atoms with E-state index in [1.807, 2.05) is 0 Å². The normalized spacial score (nSPS) is 46.5. The number of carbonyl (C=O) groups is 2. The van der Waals surface area contributed by atoms with Gasteiger partial charge in [-0.3, -0.25) is 4.79 Å². The molecule has 4 fully saturated rings. The smallest absolute Gasteiger partial charge is 0.220 e. The number of aliphatic hydroxyl groups is 2. The Hall–Kier alpha value is -1.14. The zero-order valence-corrected chi connectivity index (χ0v) is 20.0. The van der Waals surface area contributed by atoms with Crippen LogP contribution in [-0.4, -0.2) is 40.8 Å². The van der Waals surface area contributed by atoms with Crippen LogP contribution in [0.1, 0.15) is 85.0 Å². The third-order valence-electron chi connectivity index (χ3n) is 10.8. The molecule has 3 N–H and O–H groups in total. The highest BCUT2D eigenvalue weighted by atomic mass is 16.4. The average Bonchev–Trinajstić information content (AvgIpc) is 3.10. The average molecular weight is 449 g/mol. The van der Waals surface area contributed by atoms with E-state index in [0.717, 1.165) is 38.5 Å². The van der Waals surface area contributed by atoms with Crippen LogP contribution in [0.2, 0.25) is 0 Å². The van der Waals surface area contributed by atoms with E-state index < -0.39 is 12.5 Å². The molecule has 4 rings (SSSR count). The van der Waals surface area contributed by atoms with Crippen molar-refractivity contribution in [1.82, 2.24) is 5.32 Å². The molecule has 0 bridgehead atoms. The fraction of sp³-hybridized carbons (Fsp3) is 0.923. The van der Waals surface area contributed by atoms with Gasteiger partial charge in [-0.05, 0) is 104 Å². The Kier molecular flexibility index (Phi) is 6.68. The van der Waals surface area contributed by atoms with Crippen molar-refractivity contribution >= 4 is 11.9 Å². The van der Waals surface area contributed by atoms with Gasteiger partial charge in [0.05, 0.1) is 24.7 Å². The topological polar surface area (TPSA) is 110 Å². The maximum Gasteiger partial charge on any atom is 0.220 e. The van der Waals surface area contributed by atoms with Crippen LogP contribution in [0, 0.1) is 46.3 Å². The van der Waals surface area contributed by atoms with E-state index in [0.29, 0.717) is 48.3 Å². The van der Waals surface area contributed by atoms with Gasteiger partial charge in [0.25, 0.3) is 0 Å². The zero-order chi connectivity index (χ0) is 23.3. The first-order valence-corrected chi connectivity index (χ1v) is 12.9. The first-order valence-electron chi connectivity index (χ1n) is 12.9. The molecule has 4 aliphatic rings. The lowest BCUT2D eigenvalue weighted by Crippen LogP contribution is -2.58. The molecule has 6 nitrogen and oxygen atoms in total. The van der Waals surface area contributed by atoms with E-state index in [-0.39, 0.29) is 28.9 Å². The second-order valence-electron chi connectivity index (χ2n) is 12.1. The Labute approximate surface area is 192 Å². The molecule has 0 saturated heterocycles. The Morgan fingerprint density at radius 2 is 1.81 bits per heavy atom. The van der Waals surface area contributed by atoms with Crippen molar-refractivity contribution < 1.29 is 24.9 Å². The van der Waals surface area contributed by atoms with E-state index in [1.165, 1.54) is 12.8 Å².